The zero-order chi connectivity index (χ0) is 27.2. The van der Waals surface area contributed by atoms with Crippen LogP contribution >= 0.6 is 11.3 Å². The zero-order valence-electron chi connectivity index (χ0n) is 22.2. The summed E-state index contributed by atoms with van der Waals surface area (Å²) in [5.41, 5.74) is 5.49. The fourth-order valence-corrected chi connectivity index (χ4v) is 6.89. The highest BCUT2D eigenvalue weighted by Crippen LogP contribution is 2.38. The van der Waals surface area contributed by atoms with Crippen LogP contribution in [0.5, 0.6) is 0 Å². The van der Waals surface area contributed by atoms with Crippen molar-refractivity contribution in [3.8, 4) is 11.1 Å². The van der Waals surface area contributed by atoms with Crippen molar-refractivity contribution >= 4 is 54.0 Å². The third-order valence-corrected chi connectivity index (χ3v) is 8.93. The molecule has 6 aromatic carbocycles. The van der Waals surface area contributed by atoms with Crippen LogP contribution in [0.1, 0.15) is 22.9 Å². The maximum atomic E-state index is 5.10. The van der Waals surface area contributed by atoms with Crippen molar-refractivity contribution in [2.24, 2.45) is 9.98 Å². The minimum absolute atomic E-state index is 0.330. The predicted octanol–water partition coefficient (Wildman–Crippen LogP) is 9.37. The highest BCUT2D eigenvalue weighted by atomic mass is 32.1. The van der Waals surface area contributed by atoms with E-state index >= 15 is 0 Å². The molecule has 1 aliphatic heterocycles. The predicted molar refractivity (Wildman–Crippen MR) is 174 cm³/mol. The van der Waals surface area contributed by atoms with Gasteiger partial charge in [0.1, 0.15) is 11.7 Å². The van der Waals surface area contributed by atoms with E-state index in [1.54, 1.807) is 0 Å². The lowest BCUT2D eigenvalue weighted by Gasteiger charge is -2.23. The monoisotopic (exact) mass is 543 g/mol. The highest BCUT2D eigenvalue weighted by molar-refractivity contribution is 7.26. The van der Waals surface area contributed by atoms with E-state index < -0.39 is 0 Å². The molecule has 1 aliphatic rings. The number of benzene rings is 6. The number of amidine groups is 2. The zero-order valence-corrected chi connectivity index (χ0v) is 23.0. The summed E-state index contributed by atoms with van der Waals surface area (Å²) in [5.74, 6) is 1.65. The summed E-state index contributed by atoms with van der Waals surface area (Å²) in [5, 5.41) is 8.70. The maximum absolute atomic E-state index is 5.10. The van der Waals surface area contributed by atoms with Gasteiger partial charge < -0.3 is 5.32 Å². The second-order valence-corrected chi connectivity index (χ2v) is 11.3. The molecule has 0 spiro atoms. The van der Waals surface area contributed by atoms with Crippen LogP contribution in [0.4, 0.5) is 0 Å². The van der Waals surface area contributed by atoms with Crippen LogP contribution in [0.2, 0.25) is 0 Å². The van der Waals surface area contributed by atoms with E-state index in [-0.39, 0.29) is 6.17 Å². The normalized spacial score (nSPS) is 15.1. The molecule has 0 saturated carbocycles. The quantitative estimate of drug-likeness (QED) is 0.236. The number of fused-ring (bicyclic) bond motifs is 5. The van der Waals surface area contributed by atoms with Gasteiger partial charge in [-0.1, -0.05) is 121 Å². The number of aliphatic imine (C=N–C) groups is 2. The average Bonchev–Trinajstić information content (AvgIpc) is 3.44. The van der Waals surface area contributed by atoms with E-state index in [4.69, 9.17) is 9.98 Å². The summed E-state index contributed by atoms with van der Waals surface area (Å²) in [6.07, 6.45) is -0.330. The third-order valence-electron chi connectivity index (χ3n) is 7.71. The first-order chi connectivity index (χ1) is 20.3. The Morgan fingerprint density at radius 2 is 1.15 bits per heavy atom. The van der Waals surface area contributed by atoms with Crippen LogP contribution in [0.25, 0.3) is 42.1 Å². The van der Waals surface area contributed by atoms with Crippen molar-refractivity contribution in [3.63, 3.8) is 0 Å². The van der Waals surface area contributed by atoms with Crippen LogP contribution < -0.4 is 5.32 Å². The van der Waals surface area contributed by atoms with Gasteiger partial charge >= 0.3 is 0 Å². The summed E-state index contributed by atoms with van der Waals surface area (Å²) in [4.78, 5) is 10.2. The van der Waals surface area contributed by atoms with Crippen LogP contribution in [0.3, 0.4) is 0 Å². The van der Waals surface area contributed by atoms with Gasteiger partial charge in [-0.2, -0.15) is 0 Å². The highest BCUT2D eigenvalue weighted by Gasteiger charge is 2.21. The topological polar surface area (TPSA) is 36.8 Å². The van der Waals surface area contributed by atoms with Crippen molar-refractivity contribution in [2.45, 2.75) is 6.17 Å². The second-order valence-electron chi connectivity index (χ2n) is 10.3. The lowest BCUT2D eigenvalue weighted by Crippen LogP contribution is -2.36. The van der Waals surface area contributed by atoms with E-state index in [0.717, 1.165) is 33.9 Å². The van der Waals surface area contributed by atoms with Crippen LogP contribution in [0.15, 0.2) is 150 Å². The molecule has 0 aliphatic carbocycles. The third kappa shape index (κ3) is 4.30. The number of thiophene rings is 1. The van der Waals surface area contributed by atoms with Gasteiger partial charge in [0, 0.05) is 31.3 Å². The molecule has 0 saturated heterocycles. The van der Waals surface area contributed by atoms with Gasteiger partial charge in [0.25, 0.3) is 0 Å². The number of nitrogens with zero attached hydrogens (tertiary/aromatic N) is 2. The lowest BCUT2D eigenvalue weighted by molar-refractivity contribution is 0.756. The number of hydrogen-bond donors (Lipinski definition) is 1. The van der Waals surface area contributed by atoms with Gasteiger partial charge in [-0.25, -0.2) is 9.98 Å². The summed E-state index contributed by atoms with van der Waals surface area (Å²) in [6.45, 7) is 0. The summed E-state index contributed by atoms with van der Waals surface area (Å²) < 4.78 is 2.65. The molecule has 2 heterocycles. The molecule has 8 rings (SSSR count). The molecule has 4 heteroatoms. The van der Waals surface area contributed by atoms with Crippen LogP contribution in [0, 0.1) is 0 Å². The Kier molecular flexibility index (Phi) is 5.71. The summed E-state index contributed by atoms with van der Waals surface area (Å²) in [6, 6.07) is 49.1. The molecular weight excluding hydrogens is 518 g/mol. The number of rotatable bonds is 4. The molecule has 1 aromatic heterocycles. The van der Waals surface area contributed by atoms with Gasteiger partial charge in [0.15, 0.2) is 6.17 Å². The summed E-state index contributed by atoms with van der Waals surface area (Å²) in [7, 11) is 0. The first-order valence-electron chi connectivity index (χ1n) is 13.8. The standard InChI is InChI=1S/C37H25N3S/c1-3-10-24(11-4-1)26-14-9-15-28(22-26)36-38-35(25-12-5-2-6-13-25)39-37(40-36)29-19-20-30-27(23-29)18-21-32-31-16-7-8-17-33(31)41-34(30)32/h1-23,35H,(H,38,39,40). The molecule has 41 heavy (non-hydrogen) atoms. The molecule has 3 nitrogen and oxygen atoms in total. The van der Waals surface area contributed by atoms with Crippen LogP contribution in [-0.4, -0.2) is 11.7 Å². The molecule has 7 aromatic rings. The van der Waals surface area contributed by atoms with Crippen molar-refractivity contribution in [1.29, 1.82) is 0 Å². The Bertz CT molecular complexity index is 2120. The average molecular weight is 544 g/mol. The Morgan fingerprint density at radius 3 is 1.98 bits per heavy atom. The molecule has 0 bridgehead atoms. The SMILES string of the molecule is c1ccc(-c2cccc(C3=NC(c4ccccc4)N=C(c4ccc5c(ccc6c7ccccc7sc56)c4)N3)c2)cc1. The molecule has 1 unspecified atom stereocenters. The van der Waals surface area contributed by atoms with Crippen molar-refractivity contribution in [2.75, 3.05) is 0 Å². The van der Waals surface area contributed by atoms with E-state index in [0.29, 0.717) is 0 Å². The first-order valence-corrected chi connectivity index (χ1v) is 14.6. The van der Waals surface area contributed by atoms with Gasteiger partial charge in [-0.3, -0.25) is 0 Å². The van der Waals surface area contributed by atoms with E-state index in [9.17, 15) is 0 Å². The Morgan fingerprint density at radius 1 is 0.488 bits per heavy atom. The minimum atomic E-state index is -0.330. The smallest absolute Gasteiger partial charge is 0.169 e. The van der Waals surface area contributed by atoms with Gasteiger partial charge in [0.05, 0.1) is 0 Å². The van der Waals surface area contributed by atoms with Gasteiger partial charge in [-0.15, -0.1) is 11.3 Å². The second kappa shape index (κ2) is 9.84. The molecule has 194 valence electrons. The van der Waals surface area contributed by atoms with E-state index in [1.807, 2.05) is 35.6 Å². The Hall–Kier alpha value is -5.06. The van der Waals surface area contributed by atoms with Crippen molar-refractivity contribution < 1.29 is 0 Å². The first kappa shape index (κ1) is 23.8. The molecule has 0 radical (unpaired) electrons. The fraction of sp³-hybridized carbons (Fsp3) is 0.0270. The van der Waals surface area contributed by atoms with Crippen LogP contribution in [-0.2, 0) is 0 Å². The molecule has 0 amide bonds. The van der Waals surface area contributed by atoms with E-state index in [2.05, 4.69) is 121 Å². The Labute approximate surface area is 242 Å². The molecular formula is C37H25N3S. The maximum Gasteiger partial charge on any atom is 0.169 e. The van der Waals surface area contributed by atoms with E-state index in [1.165, 1.54) is 36.5 Å². The largest absolute Gasteiger partial charge is 0.324 e. The number of hydrogen-bond acceptors (Lipinski definition) is 4. The molecule has 1 N–H and O–H groups in total. The van der Waals surface area contributed by atoms with Crippen molar-refractivity contribution in [1.82, 2.24) is 5.32 Å². The molecule has 1 atom stereocenters. The van der Waals surface area contributed by atoms with Gasteiger partial charge in [0.2, 0.25) is 0 Å². The number of nitrogens with one attached hydrogen (secondary N) is 1. The Balaban J connectivity index is 1.22. The fourth-order valence-electron chi connectivity index (χ4n) is 5.65. The molecule has 0 fully saturated rings. The lowest BCUT2D eigenvalue weighted by atomic mass is 10.0. The van der Waals surface area contributed by atoms with Gasteiger partial charge in [-0.05, 0) is 45.7 Å². The minimum Gasteiger partial charge on any atom is -0.324 e. The van der Waals surface area contributed by atoms with Crippen molar-refractivity contribution in [3.05, 3.63) is 156 Å². The summed E-state index contributed by atoms with van der Waals surface area (Å²) >= 11 is 1.86.